The van der Waals surface area contributed by atoms with Gasteiger partial charge in [0.1, 0.15) is 6.73 Å². The summed E-state index contributed by atoms with van der Waals surface area (Å²) in [6.45, 7) is 4.89. The fraction of sp³-hybridized carbons (Fsp3) is 0.417. The third kappa shape index (κ3) is 2.06. The van der Waals surface area contributed by atoms with E-state index in [1.807, 2.05) is 13.8 Å². The maximum Gasteiger partial charge on any atom is 0.256 e. The Bertz CT molecular complexity index is 417. The Labute approximate surface area is 100.0 Å². The van der Waals surface area contributed by atoms with Gasteiger partial charge in [0, 0.05) is 10.6 Å². The van der Waals surface area contributed by atoms with Crippen LogP contribution in [0.2, 0.25) is 5.02 Å². The predicted octanol–water partition coefficient (Wildman–Crippen LogP) is 2.55. The fourth-order valence-corrected chi connectivity index (χ4v) is 1.94. The first-order valence-electron chi connectivity index (χ1n) is 5.16. The Morgan fingerprint density at radius 3 is 2.81 bits per heavy atom. The van der Waals surface area contributed by atoms with E-state index in [0.717, 1.165) is 0 Å². The maximum absolute atomic E-state index is 12.2. The first kappa shape index (κ1) is 11.4. The summed E-state index contributed by atoms with van der Waals surface area (Å²) in [6, 6.07) is 6.98. The van der Waals surface area contributed by atoms with Crippen LogP contribution in [0.15, 0.2) is 24.3 Å². The van der Waals surface area contributed by atoms with Crippen molar-refractivity contribution in [3.8, 4) is 0 Å². The van der Waals surface area contributed by atoms with Gasteiger partial charge < -0.3 is 9.64 Å². The minimum atomic E-state index is -0.251. The molecule has 0 unspecified atom stereocenters. The van der Waals surface area contributed by atoms with Gasteiger partial charge in [-0.1, -0.05) is 17.7 Å². The van der Waals surface area contributed by atoms with Gasteiger partial charge in [0.25, 0.3) is 5.91 Å². The molecule has 1 aliphatic heterocycles. The molecule has 0 saturated carbocycles. The van der Waals surface area contributed by atoms with Crippen LogP contribution in [0.4, 0.5) is 0 Å². The molecule has 1 aromatic rings. The quantitative estimate of drug-likeness (QED) is 0.754. The van der Waals surface area contributed by atoms with Gasteiger partial charge in [-0.05, 0) is 32.0 Å². The lowest BCUT2D eigenvalue weighted by molar-refractivity contribution is 0.0605. The van der Waals surface area contributed by atoms with E-state index in [2.05, 4.69) is 0 Å². The Kier molecular flexibility index (Phi) is 2.91. The van der Waals surface area contributed by atoms with Crippen LogP contribution in [0.5, 0.6) is 0 Å². The number of ether oxygens (including phenoxy) is 1. The van der Waals surface area contributed by atoms with Crippen molar-refractivity contribution in [2.75, 3.05) is 13.3 Å². The van der Waals surface area contributed by atoms with E-state index >= 15 is 0 Å². The third-order valence-electron chi connectivity index (χ3n) is 2.72. The molecule has 2 rings (SSSR count). The molecule has 86 valence electrons. The standard InChI is InChI=1S/C12H14ClNO2/c1-12(2)7-16-8-14(12)11(15)9-4-3-5-10(13)6-9/h3-6H,7-8H2,1-2H3. The predicted molar refractivity (Wildman–Crippen MR) is 62.5 cm³/mol. The van der Waals surface area contributed by atoms with Crippen LogP contribution in [-0.2, 0) is 4.74 Å². The summed E-state index contributed by atoms with van der Waals surface area (Å²) >= 11 is 5.86. The molecule has 3 nitrogen and oxygen atoms in total. The number of hydrogen-bond donors (Lipinski definition) is 0. The van der Waals surface area contributed by atoms with Crippen molar-refractivity contribution in [1.29, 1.82) is 0 Å². The molecule has 1 aromatic carbocycles. The molecule has 0 spiro atoms. The number of carbonyl (C=O) groups excluding carboxylic acids is 1. The van der Waals surface area contributed by atoms with Crippen LogP contribution < -0.4 is 0 Å². The van der Waals surface area contributed by atoms with Crippen molar-refractivity contribution in [1.82, 2.24) is 4.90 Å². The SMILES string of the molecule is CC1(C)COCN1C(=O)c1cccc(Cl)c1. The number of benzene rings is 1. The monoisotopic (exact) mass is 239 g/mol. The van der Waals surface area contributed by atoms with Gasteiger partial charge in [-0.25, -0.2) is 0 Å². The van der Waals surface area contributed by atoms with Crippen LogP contribution >= 0.6 is 11.6 Å². The van der Waals surface area contributed by atoms with Crippen molar-refractivity contribution >= 4 is 17.5 Å². The smallest absolute Gasteiger partial charge is 0.256 e. The first-order chi connectivity index (χ1) is 7.50. The van der Waals surface area contributed by atoms with Gasteiger partial charge in [-0.15, -0.1) is 0 Å². The molecule has 0 aromatic heterocycles. The number of carbonyl (C=O) groups is 1. The maximum atomic E-state index is 12.2. The van der Waals surface area contributed by atoms with Crippen LogP contribution in [0, 0.1) is 0 Å². The van der Waals surface area contributed by atoms with E-state index < -0.39 is 0 Å². The topological polar surface area (TPSA) is 29.5 Å². The van der Waals surface area contributed by atoms with Gasteiger partial charge in [-0.3, -0.25) is 4.79 Å². The average Bonchev–Trinajstić information content (AvgIpc) is 2.57. The van der Waals surface area contributed by atoms with Crippen molar-refractivity contribution in [3.63, 3.8) is 0 Å². The molecule has 0 N–H and O–H groups in total. The van der Waals surface area contributed by atoms with E-state index in [-0.39, 0.29) is 11.4 Å². The average molecular weight is 240 g/mol. The summed E-state index contributed by atoms with van der Waals surface area (Å²) < 4.78 is 5.32. The minimum absolute atomic E-state index is 0.0370. The van der Waals surface area contributed by atoms with E-state index in [0.29, 0.717) is 23.9 Å². The molecule has 1 heterocycles. The zero-order chi connectivity index (χ0) is 11.8. The molecule has 16 heavy (non-hydrogen) atoms. The summed E-state index contributed by atoms with van der Waals surface area (Å²) in [5.41, 5.74) is 0.352. The Balaban J connectivity index is 2.26. The zero-order valence-electron chi connectivity index (χ0n) is 9.37. The zero-order valence-corrected chi connectivity index (χ0v) is 10.1. The molecule has 0 atom stereocenters. The minimum Gasteiger partial charge on any atom is -0.359 e. The highest BCUT2D eigenvalue weighted by Gasteiger charge is 2.36. The van der Waals surface area contributed by atoms with E-state index in [1.165, 1.54) is 0 Å². The van der Waals surface area contributed by atoms with E-state index in [4.69, 9.17) is 16.3 Å². The highest BCUT2D eigenvalue weighted by molar-refractivity contribution is 6.30. The van der Waals surface area contributed by atoms with Gasteiger partial charge in [0.2, 0.25) is 0 Å². The van der Waals surface area contributed by atoms with E-state index in [1.54, 1.807) is 29.2 Å². The van der Waals surface area contributed by atoms with E-state index in [9.17, 15) is 4.79 Å². The van der Waals surface area contributed by atoms with Crippen molar-refractivity contribution in [3.05, 3.63) is 34.9 Å². The Morgan fingerprint density at radius 2 is 2.25 bits per heavy atom. The first-order valence-corrected chi connectivity index (χ1v) is 5.54. The van der Waals surface area contributed by atoms with Crippen molar-refractivity contribution in [2.45, 2.75) is 19.4 Å². The third-order valence-corrected chi connectivity index (χ3v) is 2.96. The van der Waals surface area contributed by atoms with Gasteiger partial charge in [0.15, 0.2) is 0 Å². The van der Waals surface area contributed by atoms with Gasteiger partial charge in [-0.2, -0.15) is 0 Å². The lowest BCUT2D eigenvalue weighted by atomic mass is 10.0. The molecule has 1 amide bonds. The molecular formula is C12H14ClNO2. The van der Waals surface area contributed by atoms with Crippen LogP contribution in [0.3, 0.4) is 0 Å². The Morgan fingerprint density at radius 1 is 1.50 bits per heavy atom. The van der Waals surface area contributed by atoms with Crippen molar-refractivity contribution in [2.24, 2.45) is 0 Å². The van der Waals surface area contributed by atoms with Crippen LogP contribution in [0.25, 0.3) is 0 Å². The molecule has 4 heteroatoms. The van der Waals surface area contributed by atoms with Gasteiger partial charge in [0.05, 0.1) is 12.1 Å². The molecule has 0 aliphatic carbocycles. The molecular weight excluding hydrogens is 226 g/mol. The fourth-order valence-electron chi connectivity index (χ4n) is 1.75. The normalized spacial score (nSPS) is 18.8. The Hall–Kier alpha value is -1.06. The second kappa shape index (κ2) is 4.07. The number of hydrogen-bond acceptors (Lipinski definition) is 2. The molecule has 1 fully saturated rings. The molecule has 0 bridgehead atoms. The molecule has 1 saturated heterocycles. The molecule has 1 aliphatic rings. The summed E-state index contributed by atoms with van der Waals surface area (Å²) in [7, 11) is 0. The molecule has 0 radical (unpaired) electrons. The lowest BCUT2D eigenvalue weighted by Gasteiger charge is -2.29. The summed E-state index contributed by atoms with van der Waals surface area (Å²) in [5, 5.41) is 0.573. The van der Waals surface area contributed by atoms with Crippen LogP contribution in [-0.4, -0.2) is 29.7 Å². The number of halogens is 1. The van der Waals surface area contributed by atoms with Crippen LogP contribution in [0.1, 0.15) is 24.2 Å². The summed E-state index contributed by atoms with van der Waals surface area (Å²) in [6.07, 6.45) is 0. The number of rotatable bonds is 1. The number of amides is 1. The highest BCUT2D eigenvalue weighted by Crippen LogP contribution is 2.24. The summed E-state index contributed by atoms with van der Waals surface area (Å²) in [4.78, 5) is 13.9. The van der Waals surface area contributed by atoms with Crippen molar-refractivity contribution < 1.29 is 9.53 Å². The largest absolute Gasteiger partial charge is 0.359 e. The highest BCUT2D eigenvalue weighted by atomic mass is 35.5. The summed E-state index contributed by atoms with van der Waals surface area (Å²) in [5.74, 6) is -0.0370. The lowest BCUT2D eigenvalue weighted by Crippen LogP contribution is -2.44. The second-order valence-corrected chi connectivity index (χ2v) is 4.97. The number of nitrogens with zero attached hydrogens (tertiary/aromatic N) is 1. The van der Waals surface area contributed by atoms with Gasteiger partial charge >= 0.3 is 0 Å². The second-order valence-electron chi connectivity index (χ2n) is 4.53.